The largest absolute Gasteiger partial charge is 0.466 e. The summed E-state index contributed by atoms with van der Waals surface area (Å²) in [5.41, 5.74) is 0. The minimum atomic E-state index is -0.0359. The summed E-state index contributed by atoms with van der Waals surface area (Å²) in [5.74, 6) is -0.0359. The van der Waals surface area contributed by atoms with Crippen LogP contribution in [-0.2, 0) is 9.53 Å². The molecule has 0 spiro atoms. The molecule has 0 aliphatic carbocycles. The molecule has 0 saturated carbocycles. The molecule has 2 heterocycles. The second-order valence-electron chi connectivity index (χ2n) is 3.86. The van der Waals surface area contributed by atoms with Crippen molar-refractivity contribution >= 4 is 5.97 Å². The molecule has 0 bridgehead atoms. The zero-order valence-electron chi connectivity index (χ0n) is 9.63. The predicted molar refractivity (Wildman–Crippen MR) is 59.8 cm³/mol. The Morgan fingerprint density at radius 3 is 2.40 bits per heavy atom. The molecule has 0 atom stereocenters. The lowest BCUT2D eigenvalue weighted by Gasteiger charge is -2.25. The van der Waals surface area contributed by atoms with Crippen molar-refractivity contribution < 1.29 is 9.53 Å². The van der Waals surface area contributed by atoms with Gasteiger partial charge in [-0.2, -0.15) is 0 Å². The first-order valence-electron chi connectivity index (χ1n) is 5.91. The van der Waals surface area contributed by atoms with Crippen molar-refractivity contribution in [2.75, 3.05) is 39.3 Å². The lowest BCUT2D eigenvalue weighted by molar-refractivity contribution is -0.146. The molecule has 0 aromatic carbocycles. The van der Waals surface area contributed by atoms with Crippen molar-refractivity contribution in [3.63, 3.8) is 0 Å². The fourth-order valence-corrected chi connectivity index (χ4v) is 1.66. The van der Waals surface area contributed by atoms with E-state index in [-0.39, 0.29) is 5.97 Å². The van der Waals surface area contributed by atoms with Gasteiger partial charge in [-0.3, -0.25) is 4.79 Å². The van der Waals surface area contributed by atoms with Crippen LogP contribution in [0, 0.1) is 0 Å². The number of hydrogen-bond acceptors (Lipinski definition) is 4. The Morgan fingerprint density at radius 1 is 1.33 bits per heavy atom. The number of carbonyl (C=O) groups is 1. The Hall–Kier alpha value is -0.610. The van der Waals surface area contributed by atoms with E-state index in [2.05, 4.69) is 21.9 Å². The maximum atomic E-state index is 10.2. The molecule has 2 aliphatic rings. The number of piperazine rings is 1. The van der Waals surface area contributed by atoms with E-state index in [9.17, 15) is 4.79 Å². The third-order valence-corrected chi connectivity index (χ3v) is 2.70. The molecule has 0 aromatic rings. The van der Waals surface area contributed by atoms with Crippen LogP contribution in [-0.4, -0.2) is 50.2 Å². The molecule has 2 rings (SSSR count). The smallest absolute Gasteiger partial charge is 0.305 e. The van der Waals surface area contributed by atoms with Crippen molar-refractivity contribution in [3.8, 4) is 0 Å². The third-order valence-electron chi connectivity index (χ3n) is 2.70. The molecule has 0 aromatic heterocycles. The van der Waals surface area contributed by atoms with Gasteiger partial charge in [0.1, 0.15) is 0 Å². The topological polar surface area (TPSA) is 41.6 Å². The highest BCUT2D eigenvalue weighted by atomic mass is 16.5. The highest BCUT2D eigenvalue weighted by Gasteiger charge is 2.06. The zero-order chi connectivity index (χ0) is 10.9. The van der Waals surface area contributed by atoms with E-state index in [4.69, 9.17) is 0 Å². The maximum Gasteiger partial charge on any atom is 0.305 e. The van der Waals surface area contributed by atoms with Gasteiger partial charge in [0.25, 0.3) is 0 Å². The summed E-state index contributed by atoms with van der Waals surface area (Å²) in [5, 5.41) is 3.31. The highest BCUT2D eigenvalue weighted by molar-refractivity contribution is 5.69. The van der Waals surface area contributed by atoms with Gasteiger partial charge in [0.15, 0.2) is 0 Å². The van der Waals surface area contributed by atoms with Gasteiger partial charge < -0.3 is 15.0 Å². The van der Waals surface area contributed by atoms with E-state index in [0.29, 0.717) is 13.0 Å². The first kappa shape index (κ1) is 12.5. The number of cyclic esters (lactones) is 1. The standard InChI is InChI=1S/C6H14N2.C5H8O2/c1-2-8-5-3-7-4-6-8;6-5-3-1-2-4-7-5/h7H,2-6H2,1H3;1-4H2. The van der Waals surface area contributed by atoms with E-state index in [0.717, 1.165) is 12.8 Å². The number of ether oxygens (including phenoxy) is 1. The molecule has 4 heteroatoms. The Labute approximate surface area is 92.0 Å². The number of nitrogens with one attached hydrogen (secondary N) is 1. The average molecular weight is 214 g/mol. The maximum absolute atomic E-state index is 10.2. The number of rotatable bonds is 1. The van der Waals surface area contributed by atoms with Crippen LogP contribution in [0.1, 0.15) is 26.2 Å². The number of likely N-dealkylation sites (N-methyl/N-ethyl adjacent to an activating group) is 1. The van der Waals surface area contributed by atoms with E-state index >= 15 is 0 Å². The van der Waals surface area contributed by atoms with Gasteiger partial charge in [0.05, 0.1) is 6.61 Å². The SMILES string of the molecule is CCN1CCNCC1.O=C1CCCCO1. The number of esters is 1. The van der Waals surface area contributed by atoms with E-state index < -0.39 is 0 Å². The van der Waals surface area contributed by atoms with Crippen LogP contribution in [0.2, 0.25) is 0 Å². The summed E-state index contributed by atoms with van der Waals surface area (Å²) in [6.45, 7) is 8.88. The molecule has 0 unspecified atom stereocenters. The van der Waals surface area contributed by atoms with Crippen molar-refractivity contribution in [3.05, 3.63) is 0 Å². The van der Waals surface area contributed by atoms with Crippen LogP contribution in [0.5, 0.6) is 0 Å². The number of hydrogen-bond donors (Lipinski definition) is 1. The molecule has 0 amide bonds. The van der Waals surface area contributed by atoms with Crippen LogP contribution in [0.15, 0.2) is 0 Å². The second kappa shape index (κ2) is 7.65. The van der Waals surface area contributed by atoms with Gasteiger partial charge in [-0.1, -0.05) is 6.92 Å². The summed E-state index contributed by atoms with van der Waals surface area (Å²) in [4.78, 5) is 12.7. The Bertz CT molecular complexity index is 171. The molecular weight excluding hydrogens is 192 g/mol. The van der Waals surface area contributed by atoms with Crippen LogP contribution in [0.3, 0.4) is 0 Å². The summed E-state index contributed by atoms with van der Waals surface area (Å²) < 4.78 is 4.64. The molecule has 88 valence electrons. The Morgan fingerprint density at radius 2 is 2.07 bits per heavy atom. The van der Waals surface area contributed by atoms with Crippen LogP contribution >= 0.6 is 0 Å². The van der Waals surface area contributed by atoms with Crippen molar-refractivity contribution in [2.24, 2.45) is 0 Å². The first-order valence-corrected chi connectivity index (χ1v) is 5.91. The monoisotopic (exact) mass is 214 g/mol. The highest BCUT2D eigenvalue weighted by Crippen LogP contribution is 2.04. The van der Waals surface area contributed by atoms with Crippen LogP contribution in [0.4, 0.5) is 0 Å². The number of nitrogens with zero attached hydrogens (tertiary/aromatic N) is 1. The Kier molecular flexibility index (Phi) is 6.36. The summed E-state index contributed by atoms with van der Waals surface area (Å²) >= 11 is 0. The van der Waals surface area contributed by atoms with Crippen molar-refractivity contribution in [2.45, 2.75) is 26.2 Å². The summed E-state index contributed by atoms with van der Waals surface area (Å²) in [6.07, 6.45) is 2.69. The molecule has 1 N–H and O–H groups in total. The zero-order valence-corrected chi connectivity index (χ0v) is 9.63. The quantitative estimate of drug-likeness (QED) is 0.650. The van der Waals surface area contributed by atoms with Gasteiger partial charge in [-0.25, -0.2) is 0 Å². The minimum Gasteiger partial charge on any atom is -0.466 e. The second-order valence-corrected chi connectivity index (χ2v) is 3.86. The fraction of sp³-hybridized carbons (Fsp3) is 0.909. The van der Waals surface area contributed by atoms with Gasteiger partial charge in [0, 0.05) is 32.6 Å². The summed E-state index contributed by atoms with van der Waals surface area (Å²) in [6, 6.07) is 0. The van der Waals surface area contributed by atoms with E-state index in [1.54, 1.807) is 0 Å². The molecule has 2 aliphatic heterocycles. The summed E-state index contributed by atoms with van der Waals surface area (Å²) in [7, 11) is 0. The van der Waals surface area contributed by atoms with Crippen molar-refractivity contribution in [1.29, 1.82) is 0 Å². The molecule has 2 fully saturated rings. The fourth-order valence-electron chi connectivity index (χ4n) is 1.66. The van der Waals surface area contributed by atoms with Crippen LogP contribution < -0.4 is 5.32 Å². The normalized spacial score (nSPS) is 22.6. The Balaban J connectivity index is 0.000000151. The molecule has 0 radical (unpaired) electrons. The minimum absolute atomic E-state index is 0.0359. The van der Waals surface area contributed by atoms with E-state index in [1.807, 2.05) is 0 Å². The van der Waals surface area contributed by atoms with Gasteiger partial charge >= 0.3 is 5.97 Å². The van der Waals surface area contributed by atoms with Crippen LogP contribution in [0.25, 0.3) is 0 Å². The van der Waals surface area contributed by atoms with Gasteiger partial charge in [-0.05, 0) is 19.4 Å². The van der Waals surface area contributed by atoms with Gasteiger partial charge in [0.2, 0.25) is 0 Å². The lowest BCUT2D eigenvalue weighted by Crippen LogP contribution is -2.43. The predicted octanol–water partition coefficient (Wildman–Crippen LogP) is 0.625. The third kappa shape index (κ3) is 5.74. The molecule has 4 nitrogen and oxygen atoms in total. The van der Waals surface area contributed by atoms with Crippen molar-refractivity contribution in [1.82, 2.24) is 10.2 Å². The van der Waals surface area contributed by atoms with Gasteiger partial charge in [-0.15, -0.1) is 0 Å². The molecule has 15 heavy (non-hydrogen) atoms. The first-order chi connectivity index (χ1) is 7.33. The van der Waals surface area contributed by atoms with E-state index in [1.165, 1.54) is 32.7 Å². The number of carbonyl (C=O) groups excluding carboxylic acids is 1. The average Bonchev–Trinajstić information content (AvgIpc) is 2.32. The lowest BCUT2D eigenvalue weighted by atomic mass is 10.2. The molecular formula is C11H22N2O2. The molecule has 2 saturated heterocycles.